The molecule has 6 nitrogen and oxygen atoms in total. The van der Waals surface area contributed by atoms with Crippen LogP contribution in [0.3, 0.4) is 0 Å². The molecule has 0 radical (unpaired) electrons. The number of likely N-dealkylation sites (tertiary alicyclic amines) is 1. The van der Waals surface area contributed by atoms with Gasteiger partial charge in [-0.2, -0.15) is 0 Å². The first kappa shape index (κ1) is 17.0. The number of nitrogens with zero attached hydrogens (tertiary/aromatic N) is 4. The lowest BCUT2D eigenvalue weighted by molar-refractivity contribution is 0.156. The molecule has 0 saturated carbocycles. The summed E-state index contributed by atoms with van der Waals surface area (Å²) in [6.07, 6.45) is 4.21. The zero-order valence-corrected chi connectivity index (χ0v) is 15.1. The number of hydrogen-bond acceptors (Lipinski definition) is 4. The van der Waals surface area contributed by atoms with E-state index in [0.717, 1.165) is 50.2 Å². The summed E-state index contributed by atoms with van der Waals surface area (Å²) in [5.74, 6) is 1.99. The largest absolute Gasteiger partial charge is 0.381 e. The van der Waals surface area contributed by atoms with Crippen LogP contribution in [0.15, 0.2) is 23.3 Å². The summed E-state index contributed by atoms with van der Waals surface area (Å²) in [6.45, 7) is 7.56. The lowest BCUT2D eigenvalue weighted by Gasteiger charge is -2.25. The van der Waals surface area contributed by atoms with Gasteiger partial charge in [0, 0.05) is 57.5 Å². The van der Waals surface area contributed by atoms with Crippen LogP contribution in [0, 0.1) is 5.41 Å². The molecule has 0 amide bonds. The molecule has 0 aromatic carbocycles. The number of aliphatic imine (C=N–C) groups is 1. The van der Waals surface area contributed by atoms with Crippen molar-refractivity contribution in [3.8, 4) is 0 Å². The van der Waals surface area contributed by atoms with Gasteiger partial charge in [0.25, 0.3) is 0 Å². The first-order valence-corrected chi connectivity index (χ1v) is 8.86. The summed E-state index contributed by atoms with van der Waals surface area (Å²) in [7, 11) is 4.04. The Morgan fingerprint density at radius 3 is 3.04 bits per heavy atom. The maximum Gasteiger partial charge on any atom is 0.194 e. The molecule has 3 rings (SSSR count). The van der Waals surface area contributed by atoms with E-state index in [1.807, 2.05) is 31.3 Å². The summed E-state index contributed by atoms with van der Waals surface area (Å²) in [5, 5.41) is 3.45. The Morgan fingerprint density at radius 1 is 1.46 bits per heavy atom. The maximum atomic E-state index is 5.64. The number of aromatic nitrogens is 1. The van der Waals surface area contributed by atoms with Crippen LogP contribution in [-0.2, 0) is 11.3 Å². The van der Waals surface area contributed by atoms with Crippen LogP contribution in [0.2, 0.25) is 0 Å². The highest BCUT2D eigenvalue weighted by Gasteiger charge is 2.42. The predicted molar refractivity (Wildman–Crippen MR) is 97.4 cm³/mol. The summed E-state index contributed by atoms with van der Waals surface area (Å²) in [5.41, 5.74) is 1.50. The van der Waals surface area contributed by atoms with Gasteiger partial charge in [0.2, 0.25) is 0 Å². The Bertz CT molecular complexity index is 581. The quantitative estimate of drug-likeness (QED) is 0.673. The van der Waals surface area contributed by atoms with Crippen LogP contribution in [0.4, 0.5) is 5.82 Å². The summed E-state index contributed by atoms with van der Waals surface area (Å²) in [6, 6.07) is 4.08. The van der Waals surface area contributed by atoms with Gasteiger partial charge in [-0.15, -0.1) is 0 Å². The van der Waals surface area contributed by atoms with Gasteiger partial charge in [0.05, 0.1) is 13.2 Å². The molecule has 132 valence electrons. The minimum absolute atomic E-state index is 0.347. The first-order chi connectivity index (χ1) is 11.6. The number of hydrogen-bond donors (Lipinski definition) is 1. The highest BCUT2D eigenvalue weighted by molar-refractivity contribution is 5.80. The highest BCUT2D eigenvalue weighted by Crippen LogP contribution is 2.38. The fraction of sp³-hybridized carbons (Fsp3) is 0.667. The average molecular weight is 331 g/mol. The number of guanidine groups is 1. The second-order valence-corrected chi connectivity index (χ2v) is 7.02. The van der Waals surface area contributed by atoms with Gasteiger partial charge in [-0.1, -0.05) is 6.07 Å². The second-order valence-electron chi connectivity index (χ2n) is 7.02. The van der Waals surface area contributed by atoms with Crippen molar-refractivity contribution in [2.45, 2.75) is 26.3 Å². The van der Waals surface area contributed by atoms with Crippen molar-refractivity contribution < 1.29 is 4.74 Å². The van der Waals surface area contributed by atoms with Gasteiger partial charge in [-0.25, -0.2) is 9.98 Å². The molecule has 2 aliphatic heterocycles. The van der Waals surface area contributed by atoms with Crippen LogP contribution in [0.5, 0.6) is 0 Å². The number of nitrogens with one attached hydrogen (secondary N) is 1. The molecular formula is C18H29N5O. The van der Waals surface area contributed by atoms with Crippen LogP contribution in [-0.4, -0.2) is 62.8 Å². The van der Waals surface area contributed by atoms with Crippen molar-refractivity contribution in [3.05, 3.63) is 23.9 Å². The monoisotopic (exact) mass is 331 g/mol. The summed E-state index contributed by atoms with van der Waals surface area (Å²) >= 11 is 0. The molecule has 1 aromatic heterocycles. The van der Waals surface area contributed by atoms with E-state index in [4.69, 9.17) is 9.73 Å². The van der Waals surface area contributed by atoms with E-state index in [0.29, 0.717) is 12.0 Å². The van der Waals surface area contributed by atoms with Gasteiger partial charge < -0.3 is 19.9 Å². The first-order valence-electron chi connectivity index (χ1n) is 8.86. The van der Waals surface area contributed by atoms with E-state index in [1.54, 1.807) is 0 Å². The summed E-state index contributed by atoms with van der Waals surface area (Å²) < 4.78 is 5.64. The van der Waals surface area contributed by atoms with E-state index in [-0.39, 0.29) is 0 Å². The third kappa shape index (κ3) is 3.64. The molecule has 6 heteroatoms. The van der Waals surface area contributed by atoms with Gasteiger partial charge in [0.1, 0.15) is 5.82 Å². The minimum Gasteiger partial charge on any atom is -0.381 e. The fourth-order valence-corrected chi connectivity index (χ4v) is 3.63. The minimum atomic E-state index is 0.347. The van der Waals surface area contributed by atoms with Crippen molar-refractivity contribution in [1.82, 2.24) is 15.2 Å². The molecule has 0 aliphatic carbocycles. The smallest absolute Gasteiger partial charge is 0.194 e. The fourth-order valence-electron chi connectivity index (χ4n) is 3.63. The van der Waals surface area contributed by atoms with Crippen molar-refractivity contribution in [2.24, 2.45) is 10.4 Å². The van der Waals surface area contributed by atoms with E-state index >= 15 is 0 Å². The lowest BCUT2D eigenvalue weighted by Crippen LogP contribution is -2.41. The molecule has 1 unspecified atom stereocenters. The van der Waals surface area contributed by atoms with Crippen molar-refractivity contribution in [1.29, 1.82) is 0 Å². The molecule has 2 aliphatic rings. The number of ether oxygens (including phenoxy) is 1. The van der Waals surface area contributed by atoms with Crippen molar-refractivity contribution in [3.63, 3.8) is 0 Å². The van der Waals surface area contributed by atoms with Gasteiger partial charge >= 0.3 is 0 Å². The Kier molecular flexibility index (Phi) is 5.23. The van der Waals surface area contributed by atoms with Crippen LogP contribution in [0.1, 0.15) is 25.3 Å². The Balaban J connectivity index is 1.73. The molecule has 24 heavy (non-hydrogen) atoms. The SMILES string of the molecule is CCNC(=NCc1cccnc1N(C)C)N1CCC2(CCOC2)C1. The van der Waals surface area contributed by atoms with Crippen LogP contribution < -0.4 is 10.2 Å². The standard InChI is InChI=1S/C18H29N5O/c1-4-19-17(23-10-7-18(13-23)8-11-24-14-18)21-12-15-6-5-9-20-16(15)22(2)3/h5-6,9H,4,7-8,10-14H2,1-3H3,(H,19,21). The molecule has 1 spiro atoms. The van der Waals surface area contributed by atoms with E-state index < -0.39 is 0 Å². The molecule has 1 aromatic rings. The topological polar surface area (TPSA) is 53.0 Å². The molecule has 1 atom stereocenters. The molecule has 2 saturated heterocycles. The Morgan fingerprint density at radius 2 is 2.33 bits per heavy atom. The number of anilines is 1. The summed E-state index contributed by atoms with van der Waals surface area (Å²) in [4.78, 5) is 13.8. The van der Waals surface area contributed by atoms with Crippen molar-refractivity contribution >= 4 is 11.8 Å². The highest BCUT2D eigenvalue weighted by atomic mass is 16.5. The molecule has 3 heterocycles. The van der Waals surface area contributed by atoms with Crippen LogP contribution >= 0.6 is 0 Å². The number of pyridine rings is 1. The van der Waals surface area contributed by atoms with Crippen LogP contribution in [0.25, 0.3) is 0 Å². The maximum absolute atomic E-state index is 5.64. The third-order valence-corrected chi connectivity index (χ3v) is 4.95. The molecule has 2 fully saturated rings. The van der Waals surface area contributed by atoms with Gasteiger partial charge in [0.15, 0.2) is 5.96 Å². The average Bonchev–Trinajstić information content (AvgIpc) is 3.22. The molecule has 0 bridgehead atoms. The normalized spacial score (nSPS) is 24.0. The Hall–Kier alpha value is -1.82. The second kappa shape index (κ2) is 7.38. The lowest BCUT2D eigenvalue weighted by atomic mass is 9.87. The van der Waals surface area contributed by atoms with Crippen molar-refractivity contribution in [2.75, 3.05) is 51.8 Å². The number of rotatable bonds is 4. The Labute approximate surface area is 144 Å². The zero-order valence-electron chi connectivity index (χ0n) is 15.1. The van der Waals surface area contributed by atoms with E-state index in [1.165, 1.54) is 12.8 Å². The van der Waals surface area contributed by atoms with E-state index in [2.05, 4.69) is 28.2 Å². The molecular weight excluding hydrogens is 302 g/mol. The molecule has 1 N–H and O–H groups in total. The zero-order chi connectivity index (χ0) is 17.0. The predicted octanol–water partition coefficient (Wildman–Crippen LogP) is 1.73. The van der Waals surface area contributed by atoms with Gasteiger partial charge in [-0.05, 0) is 25.8 Å². The van der Waals surface area contributed by atoms with E-state index in [9.17, 15) is 0 Å². The third-order valence-electron chi connectivity index (χ3n) is 4.95. The van der Waals surface area contributed by atoms with Gasteiger partial charge in [-0.3, -0.25) is 0 Å².